The minimum absolute atomic E-state index is 0.172. The van der Waals surface area contributed by atoms with Crippen LogP contribution in [-0.2, 0) is 14.4 Å². The molecular weight excluding hydrogens is 566 g/mol. The summed E-state index contributed by atoms with van der Waals surface area (Å²) in [6.45, 7) is 2.53. The first kappa shape index (κ1) is 28.6. The van der Waals surface area contributed by atoms with E-state index in [1.165, 1.54) is 23.3 Å². The lowest BCUT2D eigenvalue weighted by Crippen LogP contribution is -2.37. The van der Waals surface area contributed by atoms with E-state index in [-0.39, 0.29) is 11.4 Å². The SMILES string of the molecule is CCCOc1ccc(N2C(=O)C3ON(c4cccc([N+](=O)[O-])c4)C(c4ccc(OC(=O)c5ccccc5)cc4)C3C2=O)cc1. The molecule has 2 amide bonds. The van der Waals surface area contributed by atoms with Gasteiger partial charge in [-0.15, -0.1) is 0 Å². The van der Waals surface area contributed by atoms with Crippen LogP contribution in [0.1, 0.15) is 35.3 Å². The number of hydrogen-bond donors (Lipinski definition) is 0. The van der Waals surface area contributed by atoms with Crippen molar-refractivity contribution in [3.05, 3.63) is 124 Å². The number of ether oxygens (including phenoxy) is 2. The zero-order valence-corrected chi connectivity index (χ0v) is 23.6. The molecule has 0 saturated carbocycles. The quantitative estimate of drug-likeness (QED) is 0.0794. The van der Waals surface area contributed by atoms with Crippen molar-refractivity contribution >= 4 is 34.8 Å². The van der Waals surface area contributed by atoms with Crippen molar-refractivity contribution in [2.75, 3.05) is 16.6 Å². The first-order chi connectivity index (χ1) is 21.4. The Kier molecular flexibility index (Phi) is 7.78. The van der Waals surface area contributed by atoms with Gasteiger partial charge in [-0.1, -0.05) is 43.3 Å². The molecule has 222 valence electrons. The maximum atomic E-state index is 13.9. The molecular formula is C33H27N3O8. The highest BCUT2D eigenvalue weighted by Crippen LogP contribution is 2.48. The zero-order chi connectivity index (χ0) is 30.8. The van der Waals surface area contributed by atoms with Crippen LogP contribution in [0.2, 0.25) is 0 Å². The summed E-state index contributed by atoms with van der Waals surface area (Å²) >= 11 is 0. The van der Waals surface area contributed by atoms with Gasteiger partial charge in [0.2, 0.25) is 5.91 Å². The lowest BCUT2D eigenvalue weighted by atomic mass is 9.90. The minimum Gasteiger partial charge on any atom is -0.494 e. The molecule has 0 aromatic heterocycles. The predicted molar refractivity (Wildman–Crippen MR) is 159 cm³/mol. The van der Waals surface area contributed by atoms with Crippen LogP contribution in [0.25, 0.3) is 0 Å². The number of nitrogens with zero attached hydrogens (tertiary/aromatic N) is 3. The number of amides is 2. The first-order valence-electron chi connectivity index (χ1n) is 14.0. The molecule has 2 aliphatic rings. The molecule has 4 aromatic carbocycles. The van der Waals surface area contributed by atoms with E-state index in [1.54, 1.807) is 84.9 Å². The van der Waals surface area contributed by atoms with Gasteiger partial charge in [0.25, 0.3) is 11.6 Å². The van der Waals surface area contributed by atoms with Crippen molar-refractivity contribution in [3.8, 4) is 11.5 Å². The van der Waals surface area contributed by atoms with Crippen LogP contribution >= 0.6 is 0 Å². The van der Waals surface area contributed by atoms with Crippen LogP contribution in [-0.4, -0.2) is 35.4 Å². The molecule has 3 unspecified atom stereocenters. The highest BCUT2D eigenvalue weighted by molar-refractivity contribution is 6.24. The van der Waals surface area contributed by atoms with Gasteiger partial charge in [0.1, 0.15) is 17.4 Å². The third kappa shape index (κ3) is 5.36. The van der Waals surface area contributed by atoms with Gasteiger partial charge in [-0.2, -0.15) is 0 Å². The molecule has 3 atom stereocenters. The number of hydrogen-bond acceptors (Lipinski definition) is 9. The number of imide groups is 1. The van der Waals surface area contributed by atoms with Crippen molar-refractivity contribution in [3.63, 3.8) is 0 Å². The Bertz CT molecular complexity index is 1710. The minimum atomic E-state index is -1.17. The van der Waals surface area contributed by atoms with E-state index in [4.69, 9.17) is 14.3 Å². The number of fused-ring (bicyclic) bond motifs is 1. The molecule has 0 N–H and O–H groups in total. The fourth-order valence-corrected chi connectivity index (χ4v) is 5.36. The molecule has 11 nitrogen and oxygen atoms in total. The summed E-state index contributed by atoms with van der Waals surface area (Å²) in [5.41, 5.74) is 1.48. The van der Waals surface area contributed by atoms with Gasteiger partial charge in [0, 0.05) is 12.1 Å². The van der Waals surface area contributed by atoms with Crippen molar-refractivity contribution in [1.29, 1.82) is 0 Å². The molecule has 4 aromatic rings. The van der Waals surface area contributed by atoms with Crippen LogP contribution in [0.4, 0.5) is 17.1 Å². The summed E-state index contributed by atoms with van der Waals surface area (Å²) in [5, 5.41) is 12.9. The van der Waals surface area contributed by atoms with E-state index in [2.05, 4.69) is 0 Å². The highest BCUT2D eigenvalue weighted by atomic mass is 16.7. The maximum Gasteiger partial charge on any atom is 0.343 e. The van der Waals surface area contributed by atoms with E-state index in [9.17, 15) is 24.5 Å². The van der Waals surface area contributed by atoms with E-state index >= 15 is 0 Å². The smallest absolute Gasteiger partial charge is 0.343 e. The molecule has 6 rings (SSSR count). The summed E-state index contributed by atoms with van der Waals surface area (Å²) < 4.78 is 11.1. The molecule has 2 heterocycles. The standard InChI is InChI=1S/C33H27N3O8/c1-2-19-42-26-17-13-23(14-18-26)34-31(37)28-29(21-11-15-27(16-12-21)43-33(39)22-7-4-3-5-8-22)35(44-30(28)32(34)38)24-9-6-10-25(20-24)36(40)41/h3-18,20,28-30H,2,19H2,1H3. The number of carbonyl (C=O) groups is 3. The fraction of sp³-hybridized carbons (Fsp3) is 0.182. The molecule has 0 radical (unpaired) electrons. The molecule has 11 heteroatoms. The third-order valence-electron chi connectivity index (χ3n) is 7.42. The number of anilines is 2. The van der Waals surface area contributed by atoms with Crippen LogP contribution in [0.15, 0.2) is 103 Å². The van der Waals surface area contributed by atoms with Crippen molar-refractivity contribution in [2.45, 2.75) is 25.5 Å². The Morgan fingerprint density at radius 2 is 1.57 bits per heavy atom. The van der Waals surface area contributed by atoms with Gasteiger partial charge in [-0.25, -0.2) is 14.8 Å². The Morgan fingerprint density at radius 1 is 0.864 bits per heavy atom. The average molecular weight is 594 g/mol. The van der Waals surface area contributed by atoms with Crippen LogP contribution in [0.3, 0.4) is 0 Å². The van der Waals surface area contributed by atoms with Gasteiger partial charge < -0.3 is 9.47 Å². The normalized spacial score (nSPS) is 19.2. The number of nitro groups is 1. The van der Waals surface area contributed by atoms with Crippen molar-refractivity contribution < 1.29 is 33.6 Å². The Morgan fingerprint density at radius 3 is 2.25 bits per heavy atom. The number of rotatable bonds is 9. The third-order valence-corrected chi connectivity index (χ3v) is 7.42. The largest absolute Gasteiger partial charge is 0.494 e. The first-order valence-corrected chi connectivity index (χ1v) is 14.0. The van der Waals surface area contributed by atoms with Gasteiger partial charge in [0.05, 0.1) is 34.5 Å². The topological polar surface area (TPSA) is 129 Å². The molecule has 0 aliphatic carbocycles. The summed E-state index contributed by atoms with van der Waals surface area (Å²) in [4.78, 5) is 58.4. The number of esters is 1. The Hall–Kier alpha value is -5.55. The Labute approximate surface area is 252 Å². The second-order valence-corrected chi connectivity index (χ2v) is 10.3. The maximum absolute atomic E-state index is 13.9. The van der Waals surface area contributed by atoms with E-state index in [0.717, 1.165) is 11.3 Å². The van der Waals surface area contributed by atoms with Gasteiger partial charge in [-0.3, -0.25) is 24.5 Å². The van der Waals surface area contributed by atoms with E-state index in [1.807, 2.05) is 6.92 Å². The number of benzene rings is 4. The molecule has 0 bridgehead atoms. The number of carbonyl (C=O) groups excluding carboxylic acids is 3. The number of hydroxylamine groups is 1. The van der Waals surface area contributed by atoms with Crippen molar-refractivity contribution in [1.82, 2.24) is 0 Å². The second-order valence-electron chi connectivity index (χ2n) is 10.3. The summed E-state index contributed by atoms with van der Waals surface area (Å²) in [5.74, 6) is -1.61. The lowest BCUT2D eigenvalue weighted by Gasteiger charge is -2.28. The highest BCUT2D eigenvalue weighted by Gasteiger charge is 2.60. The Balaban J connectivity index is 1.32. The number of nitro benzene ring substituents is 1. The summed E-state index contributed by atoms with van der Waals surface area (Å²) in [6, 6.07) is 26.7. The van der Waals surface area contributed by atoms with Crippen LogP contribution in [0, 0.1) is 16.0 Å². The molecule has 2 saturated heterocycles. The molecule has 2 aliphatic heterocycles. The van der Waals surface area contributed by atoms with Gasteiger partial charge >= 0.3 is 5.97 Å². The predicted octanol–water partition coefficient (Wildman–Crippen LogP) is 5.65. The molecule has 2 fully saturated rings. The lowest BCUT2D eigenvalue weighted by molar-refractivity contribution is -0.384. The average Bonchev–Trinajstić information content (AvgIpc) is 3.56. The zero-order valence-electron chi connectivity index (χ0n) is 23.6. The fourth-order valence-electron chi connectivity index (χ4n) is 5.36. The van der Waals surface area contributed by atoms with Crippen LogP contribution < -0.4 is 19.4 Å². The van der Waals surface area contributed by atoms with Crippen molar-refractivity contribution in [2.24, 2.45) is 5.92 Å². The summed E-state index contributed by atoms with van der Waals surface area (Å²) in [7, 11) is 0. The molecule has 0 spiro atoms. The summed E-state index contributed by atoms with van der Waals surface area (Å²) in [6.07, 6.45) is -0.330. The monoisotopic (exact) mass is 593 g/mol. The second kappa shape index (κ2) is 12.0. The number of non-ortho nitro benzene ring substituents is 1. The van der Waals surface area contributed by atoms with E-state index in [0.29, 0.717) is 34.9 Å². The van der Waals surface area contributed by atoms with Crippen LogP contribution in [0.5, 0.6) is 11.5 Å². The van der Waals surface area contributed by atoms with Gasteiger partial charge in [0.15, 0.2) is 6.10 Å². The molecule has 44 heavy (non-hydrogen) atoms. The van der Waals surface area contributed by atoms with Gasteiger partial charge in [-0.05, 0) is 66.6 Å². The van der Waals surface area contributed by atoms with E-state index < -0.39 is 40.8 Å².